The molecule has 158 valence electrons. The number of phenols is 1. The lowest BCUT2D eigenvalue weighted by Gasteiger charge is -2.32. The highest BCUT2D eigenvalue weighted by molar-refractivity contribution is 7.73. The zero-order valence-electron chi connectivity index (χ0n) is 19.4. The Morgan fingerprint density at radius 3 is 1.37 bits per heavy atom. The summed E-state index contributed by atoms with van der Waals surface area (Å²) in [6.07, 6.45) is 0. The molecule has 0 bridgehead atoms. The summed E-state index contributed by atoms with van der Waals surface area (Å²) < 4.78 is 0. The average molecular weight is 419 g/mol. The Kier molecular flexibility index (Phi) is 6.44. The summed E-state index contributed by atoms with van der Waals surface area (Å²) in [5.74, 6) is 0.453. The fourth-order valence-corrected chi connectivity index (χ4v) is 6.59. The van der Waals surface area contributed by atoms with Crippen LogP contribution in [0.2, 0.25) is 0 Å². The molecule has 0 radical (unpaired) electrons. The largest absolute Gasteiger partial charge is 0.507 e. The molecule has 0 aliphatic carbocycles. The van der Waals surface area contributed by atoms with Crippen LogP contribution in [-0.2, 0) is 10.8 Å². The zero-order chi connectivity index (χ0) is 22.1. The Hall–Kier alpha value is -2.11. The van der Waals surface area contributed by atoms with Crippen LogP contribution >= 0.6 is 7.92 Å². The maximum absolute atomic E-state index is 11.1. The molecule has 0 saturated heterocycles. The summed E-state index contributed by atoms with van der Waals surface area (Å²) in [7, 11) is -0.576. The third-order valence-electron chi connectivity index (χ3n) is 5.69. The maximum atomic E-state index is 11.1. The van der Waals surface area contributed by atoms with Crippen LogP contribution in [0.4, 0.5) is 0 Å². The normalized spacial score (nSPS) is 13.5. The van der Waals surface area contributed by atoms with Crippen molar-refractivity contribution in [3.05, 3.63) is 89.5 Å². The number of phenolic OH excluding ortho intramolecular Hbond substituents is 1. The molecule has 1 atom stereocenters. The molecule has 3 aromatic carbocycles. The average Bonchev–Trinajstić information content (AvgIpc) is 2.68. The van der Waals surface area contributed by atoms with Gasteiger partial charge in [-0.3, -0.25) is 0 Å². The Morgan fingerprint density at radius 2 is 1.03 bits per heavy atom. The van der Waals surface area contributed by atoms with Gasteiger partial charge in [0.15, 0.2) is 0 Å². The van der Waals surface area contributed by atoms with E-state index in [1.165, 1.54) is 16.2 Å². The highest BCUT2D eigenvalue weighted by atomic mass is 31.1. The number of hydrogen-bond donors (Lipinski definition) is 1. The second-order valence-corrected chi connectivity index (χ2v) is 12.7. The molecular weight excluding hydrogens is 383 g/mol. The lowest BCUT2D eigenvalue weighted by molar-refractivity contribution is 0.422. The molecule has 3 rings (SSSR count). The van der Waals surface area contributed by atoms with Crippen molar-refractivity contribution < 1.29 is 5.11 Å². The summed E-state index contributed by atoms with van der Waals surface area (Å²) in [6.45, 7) is 15.4. The zero-order valence-corrected chi connectivity index (χ0v) is 20.3. The fourth-order valence-electron chi connectivity index (χ4n) is 3.96. The van der Waals surface area contributed by atoms with Crippen LogP contribution in [0.5, 0.6) is 5.75 Å². The van der Waals surface area contributed by atoms with Crippen LogP contribution in [0, 0.1) is 0 Å². The summed E-state index contributed by atoms with van der Waals surface area (Å²) >= 11 is 0. The third kappa shape index (κ3) is 4.79. The van der Waals surface area contributed by atoms with Gasteiger partial charge in [-0.2, -0.15) is 0 Å². The molecule has 0 aliphatic rings. The van der Waals surface area contributed by atoms with E-state index in [2.05, 4.69) is 121 Å². The van der Waals surface area contributed by atoms with E-state index in [-0.39, 0.29) is 10.8 Å². The number of rotatable bonds is 4. The van der Waals surface area contributed by atoms with Crippen LogP contribution in [0.15, 0.2) is 72.8 Å². The minimum atomic E-state index is -0.576. The lowest BCUT2D eigenvalue weighted by Crippen LogP contribution is -2.20. The predicted octanol–water partition coefficient (Wildman–Crippen LogP) is 7.18. The first kappa shape index (κ1) is 22.6. The van der Waals surface area contributed by atoms with Crippen LogP contribution in [-0.4, -0.2) is 5.11 Å². The molecule has 30 heavy (non-hydrogen) atoms. The van der Waals surface area contributed by atoms with Gasteiger partial charge in [-0.05, 0) is 46.1 Å². The van der Waals surface area contributed by atoms with E-state index in [1.807, 2.05) is 0 Å². The van der Waals surface area contributed by atoms with Crippen molar-refractivity contribution in [1.82, 2.24) is 0 Å². The molecule has 0 amide bonds. The van der Waals surface area contributed by atoms with E-state index in [1.54, 1.807) is 0 Å². The van der Waals surface area contributed by atoms with E-state index in [9.17, 15) is 5.11 Å². The second-order valence-electron chi connectivity index (χ2n) is 10.2. The standard InChI is InChI=1S/C28H35OP/c1-20(30(22-14-10-8-11-15-22)23-16-12-9-13-17-23)21-18-24(27(2,3)4)26(29)25(19-21)28(5,6)7/h8-20,29H,1-7H3. The van der Waals surface area contributed by atoms with Crippen molar-refractivity contribution in [2.75, 3.05) is 0 Å². The molecule has 0 saturated carbocycles. The number of aromatic hydroxyl groups is 1. The van der Waals surface area contributed by atoms with Gasteiger partial charge in [-0.15, -0.1) is 0 Å². The van der Waals surface area contributed by atoms with Crippen molar-refractivity contribution in [2.24, 2.45) is 0 Å². The van der Waals surface area contributed by atoms with Crippen LogP contribution in [0.3, 0.4) is 0 Å². The Balaban J connectivity index is 2.21. The Labute approximate surface area is 183 Å². The van der Waals surface area contributed by atoms with Gasteiger partial charge in [-0.1, -0.05) is 121 Å². The summed E-state index contributed by atoms with van der Waals surface area (Å²) in [5, 5.41) is 13.9. The molecule has 0 fully saturated rings. The SMILES string of the molecule is CC(c1cc(C(C)(C)C)c(O)c(C(C)(C)C)c1)P(c1ccccc1)c1ccccc1. The molecular formula is C28H35OP. The van der Waals surface area contributed by atoms with Crippen molar-refractivity contribution in [3.63, 3.8) is 0 Å². The first-order valence-corrected chi connectivity index (χ1v) is 12.2. The molecule has 1 N–H and O–H groups in total. The van der Waals surface area contributed by atoms with Gasteiger partial charge >= 0.3 is 0 Å². The van der Waals surface area contributed by atoms with Gasteiger partial charge in [0.2, 0.25) is 0 Å². The summed E-state index contributed by atoms with van der Waals surface area (Å²) in [6, 6.07) is 26.2. The lowest BCUT2D eigenvalue weighted by atomic mass is 9.78. The topological polar surface area (TPSA) is 20.2 Å². The van der Waals surface area contributed by atoms with E-state index in [0.29, 0.717) is 11.4 Å². The highest BCUT2D eigenvalue weighted by Crippen LogP contribution is 2.51. The molecule has 3 aromatic rings. The fraction of sp³-hybridized carbons (Fsp3) is 0.357. The van der Waals surface area contributed by atoms with Gasteiger partial charge < -0.3 is 5.11 Å². The third-order valence-corrected chi connectivity index (χ3v) is 8.47. The van der Waals surface area contributed by atoms with E-state index in [4.69, 9.17) is 0 Å². The molecule has 2 heteroatoms. The van der Waals surface area contributed by atoms with E-state index >= 15 is 0 Å². The quantitative estimate of drug-likeness (QED) is 0.445. The van der Waals surface area contributed by atoms with Crippen molar-refractivity contribution in [1.29, 1.82) is 0 Å². The monoisotopic (exact) mass is 418 g/mol. The van der Waals surface area contributed by atoms with Gasteiger partial charge in [0.05, 0.1) is 0 Å². The van der Waals surface area contributed by atoms with Crippen LogP contribution in [0.25, 0.3) is 0 Å². The maximum Gasteiger partial charge on any atom is 0.123 e. The van der Waals surface area contributed by atoms with Crippen molar-refractivity contribution in [3.8, 4) is 5.75 Å². The number of hydrogen-bond acceptors (Lipinski definition) is 1. The Bertz CT molecular complexity index is 904. The van der Waals surface area contributed by atoms with Gasteiger partial charge in [-0.25, -0.2) is 0 Å². The van der Waals surface area contributed by atoms with Crippen molar-refractivity contribution >= 4 is 18.5 Å². The van der Waals surface area contributed by atoms with Crippen LogP contribution < -0.4 is 10.6 Å². The van der Waals surface area contributed by atoms with E-state index < -0.39 is 7.92 Å². The van der Waals surface area contributed by atoms with Gasteiger partial charge in [0, 0.05) is 5.66 Å². The predicted molar refractivity (Wildman–Crippen MR) is 133 cm³/mol. The van der Waals surface area contributed by atoms with Gasteiger partial charge in [0.25, 0.3) is 0 Å². The molecule has 1 nitrogen and oxygen atoms in total. The first-order valence-electron chi connectivity index (χ1n) is 10.8. The smallest absolute Gasteiger partial charge is 0.123 e. The van der Waals surface area contributed by atoms with Crippen molar-refractivity contribution in [2.45, 2.75) is 65.0 Å². The first-order chi connectivity index (χ1) is 14.0. The Morgan fingerprint density at radius 1 is 0.667 bits per heavy atom. The summed E-state index contributed by atoms with van der Waals surface area (Å²) in [4.78, 5) is 0. The van der Waals surface area contributed by atoms with E-state index in [0.717, 1.165) is 11.1 Å². The molecule has 0 aliphatic heterocycles. The molecule has 0 heterocycles. The molecule has 0 spiro atoms. The molecule has 1 unspecified atom stereocenters. The van der Waals surface area contributed by atoms with Gasteiger partial charge in [0.1, 0.15) is 5.75 Å². The minimum Gasteiger partial charge on any atom is -0.507 e. The second kappa shape index (κ2) is 8.56. The number of benzene rings is 3. The molecule has 0 aromatic heterocycles. The highest BCUT2D eigenvalue weighted by Gasteiger charge is 2.30. The van der Waals surface area contributed by atoms with Crippen LogP contribution in [0.1, 0.15) is 70.8 Å². The summed E-state index contributed by atoms with van der Waals surface area (Å²) in [5.41, 5.74) is 3.46. The minimum absolute atomic E-state index is 0.123.